The summed E-state index contributed by atoms with van der Waals surface area (Å²) in [5, 5.41) is 0.746. The van der Waals surface area contributed by atoms with Gasteiger partial charge in [-0.1, -0.05) is 23.7 Å². The van der Waals surface area contributed by atoms with Gasteiger partial charge in [0.2, 0.25) is 0 Å². The van der Waals surface area contributed by atoms with Crippen molar-refractivity contribution in [2.24, 2.45) is 0 Å². The third kappa shape index (κ3) is 5.81. The Kier molecular flexibility index (Phi) is 6.81. The average molecular weight is 351 g/mol. The fraction of sp³-hybridized carbons (Fsp3) is 0.278. The van der Waals surface area contributed by atoms with E-state index in [4.69, 9.17) is 21.1 Å². The lowest BCUT2D eigenvalue weighted by Gasteiger charge is -2.13. The molecular formula is C18H19ClO3S. The van der Waals surface area contributed by atoms with E-state index in [1.54, 1.807) is 25.6 Å². The van der Waals surface area contributed by atoms with Gasteiger partial charge in [0.05, 0.1) is 6.61 Å². The highest BCUT2D eigenvalue weighted by Crippen LogP contribution is 2.26. The molecule has 0 heterocycles. The molecule has 0 aliphatic carbocycles. The number of carbonyl (C=O) groups excluding carboxylic acids is 1. The summed E-state index contributed by atoms with van der Waals surface area (Å²) >= 11 is 7.61. The van der Waals surface area contributed by atoms with Crippen molar-refractivity contribution < 1.29 is 14.3 Å². The molecule has 0 spiro atoms. The van der Waals surface area contributed by atoms with Crippen LogP contribution in [0, 0.1) is 0 Å². The summed E-state index contributed by atoms with van der Waals surface area (Å²) in [6.45, 7) is 3.81. The predicted octanol–water partition coefficient (Wildman–Crippen LogP) is 4.96. The van der Waals surface area contributed by atoms with Crippen LogP contribution in [0.4, 0.5) is 0 Å². The lowest BCUT2D eigenvalue weighted by atomic mass is 10.2. The standard InChI is InChI=1S/C18H19ClO3S/c1-3-21-18(20)13(2)22-16-8-10-17(11-9-16)23-12-14-4-6-15(19)7-5-14/h4-11,13H,3,12H2,1-2H3. The molecule has 122 valence electrons. The van der Waals surface area contributed by atoms with Crippen molar-refractivity contribution >= 4 is 29.3 Å². The Labute approximate surface area is 145 Å². The average Bonchev–Trinajstić information content (AvgIpc) is 2.56. The van der Waals surface area contributed by atoms with Crippen molar-refractivity contribution in [1.82, 2.24) is 0 Å². The van der Waals surface area contributed by atoms with Gasteiger partial charge in [-0.25, -0.2) is 4.79 Å². The topological polar surface area (TPSA) is 35.5 Å². The molecule has 0 amide bonds. The van der Waals surface area contributed by atoms with E-state index in [-0.39, 0.29) is 5.97 Å². The molecule has 0 saturated carbocycles. The molecule has 2 aromatic carbocycles. The second-order valence-corrected chi connectivity index (χ2v) is 6.38. The number of thioether (sulfide) groups is 1. The molecule has 0 aliphatic rings. The van der Waals surface area contributed by atoms with Crippen LogP contribution in [0.2, 0.25) is 5.02 Å². The van der Waals surface area contributed by atoms with Gasteiger partial charge in [0, 0.05) is 15.7 Å². The van der Waals surface area contributed by atoms with Crippen molar-refractivity contribution in [2.75, 3.05) is 6.61 Å². The van der Waals surface area contributed by atoms with Crippen LogP contribution in [0.3, 0.4) is 0 Å². The fourth-order valence-electron chi connectivity index (χ4n) is 1.87. The van der Waals surface area contributed by atoms with Gasteiger partial charge in [-0.3, -0.25) is 0 Å². The normalized spacial score (nSPS) is 11.8. The summed E-state index contributed by atoms with van der Waals surface area (Å²) in [5.74, 6) is 1.17. The van der Waals surface area contributed by atoms with Gasteiger partial charge < -0.3 is 9.47 Å². The predicted molar refractivity (Wildman–Crippen MR) is 94.2 cm³/mol. The van der Waals surface area contributed by atoms with Crippen LogP contribution in [-0.4, -0.2) is 18.7 Å². The Morgan fingerprint density at radius 3 is 2.39 bits per heavy atom. The third-order valence-corrected chi connectivity index (χ3v) is 4.41. The fourth-order valence-corrected chi connectivity index (χ4v) is 2.85. The van der Waals surface area contributed by atoms with Crippen molar-refractivity contribution in [1.29, 1.82) is 0 Å². The summed E-state index contributed by atoms with van der Waals surface area (Å²) in [4.78, 5) is 12.7. The van der Waals surface area contributed by atoms with Gasteiger partial charge in [-0.05, 0) is 55.8 Å². The highest BCUT2D eigenvalue weighted by atomic mass is 35.5. The second kappa shape index (κ2) is 8.85. The van der Waals surface area contributed by atoms with Crippen molar-refractivity contribution in [3.8, 4) is 5.75 Å². The van der Waals surface area contributed by atoms with Crippen LogP contribution < -0.4 is 4.74 Å². The quantitative estimate of drug-likeness (QED) is 0.522. The van der Waals surface area contributed by atoms with Gasteiger partial charge >= 0.3 is 5.97 Å². The summed E-state index contributed by atoms with van der Waals surface area (Å²) in [7, 11) is 0. The van der Waals surface area contributed by atoms with Gasteiger partial charge in [0.15, 0.2) is 6.10 Å². The number of benzene rings is 2. The number of hydrogen-bond acceptors (Lipinski definition) is 4. The van der Waals surface area contributed by atoms with Crippen molar-refractivity contribution in [3.05, 3.63) is 59.1 Å². The van der Waals surface area contributed by atoms with Crippen LogP contribution in [0.25, 0.3) is 0 Å². The number of hydrogen-bond donors (Lipinski definition) is 0. The first-order chi connectivity index (χ1) is 11.1. The maximum atomic E-state index is 11.5. The Hall–Kier alpha value is -1.65. The first-order valence-corrected chi connectivity index (χ1v) is 8.75. The Bertz CT molecular complexity index is 626. The van der Waals surface area contributed by atoms with Gasteiger partial charge in [0.25, 0.3) is 0 Å². The van der Waals surface area contributed by atoms with Crippen molar-refractivity contribution in [2.45, 2.75) is 30.6 Å². The number of carbonyl (C=O) groups is 1. The molecule has 2 aromatic rings. The van der Waals surface area contributed by atoms with E-state index in [0.29, 0.717) is 12.4 Å². The SMILES string of the molecule is CCOC(=O)C(C)Oc1ccc(SCc2ccc(Cl)cc2)cc1. The van der Waals surface area contributed by atoms with E-state index in [9.17, 15) is 4.79 Å². The molecule has 0 N–H and O–H groups in total. The zero-order valence-corrected chi connectivity index (χ0v) is 14.7. The number of ether oxygens (including phenoxy) is 2. The Morgan fingerprint density at radius 2 is 1.78 bits per heavy atom. The largest absolute Gasteiger partial charge is 0.479 e. The molecule has 0 bridgehead atoms. The molecule has 0 aromatic heterocycles. The van der Waals surface area contributed by atoms with E-state index in [1.807, 2.05) is 48.5 Å². The Morgan fingerprint density at radius 1 is 1.13 bits per heavy atom. The molecule has 23 heavy (non-hydrogen) atoms. The van der Waals surface area contributed by atoms with Gasteiger partial charge in [-0.15, -0.1) is 11.8 Å². The maximum Gasteiger partial charge on any atom is 0.347 e. The number of esters is 1. The third-order valence-electron chi connectivity index (χ3n) is 3.07. The minimum Gasteiger partial charge on any atom is -0.479 e. The molecule has 3 nitrogen and oxygen atoms in total. The van der Waals surface area contributed by atoms with E-state index in [2.05, 4.69) is 0 Å². The molecular weight excluding hydrogens is 332 g/mol. The summed E-state index contributed by atoms with van der Waals surface area (Å²) in [5.41, 5.74) is 1.22. The zero-order chi connectivity index (χ0) is 16.7. The molecule has 2 rings (SSSR count). The van der Waals surface area contributed by atoms with Gasteiger partial charge in [-0.2, -0.15) is 0 Å². The minimum atomic E-state index is -0.609. The first-order valence-electron chi connectivity index (χ1n) is 7.39. The van der Waals surface area contributed by atoms with Crippen LogP contribution >= 0.6 is 23.4 Å². The lowest BCUT2D eigenvalue weighted by molar-refractivity contribution is -0.150. The van der Waals surface area contributed by atoms with Crippen LogP contribution in [0.15, 0.2) is 53.4 Å². The monoisotopic (exact) mass is 350 g/mol. The maximum absolute atomic E-state index is 11.5. The molecule has 0 fully saturated rings. The molecule has 5 heteroatoms. The van der Waals surface area contributed by atoms with Gasteiger partial charge in [0.1, 0.15) is 5.75 Å². The lowest BCUT2D eigenvalue weighted by Crippen LogP contribution is -2.25. The second-order valence-electron chi connectivity index (χ2n) is 4.90. The molecule has 0 radical (unpaired) electrons. The zero-order valence-electron chi connectivity index (χ0n) is 13.1. The van der Waals surface area contributed by atoms with Crippen LogP contribution in [0.1, 0.15) is 19.4 Å². The van der Waals surface area contributed by atoms with Crippen LogP contribution in [0.5, 0.6) is 5.75 Å². The highest BCUT2D eigenvalue weighted by molar-refractivity contribution is 7.98. The molecule has 1 unspecified atom stereocenters. The van der Waals surface area contributed by atoms with Crippen LogP contribution in [-0.2, 0) is 15.3 Å². The summed E-state index contributed by atoms with van der Waals surface area (Å²) in [6, 6.07) is 15.5. The highest BCUT2D eigenvalue weighted by Gasteiger charge is 2.15. The van der Waals surface area contributed by atoms with E-state index < -0.39 is 6.10 Å². The smallest absolute Gasteiger partial charge is 0.347 e. The Balaban J connectivity index is 1.86. The van der Waals surface area contributed by atoms with E-state index in [0.717, 1.165) is 15.7 Å². The number of rotatable bonds is 7. The first kappa shape index (κ1) is 17.7. The summed E-state index contributed by atoms with van der Waals surface area (Å²) < 4.78 is 10.5. The molecule has 0 aliphatic heterocycles. The summed E-state index contributed by atoms with van der Waals surface area (Å²) in [6.07, 6.45) is -0.609. The van der Waals surface area contributed by atoms with E-state index >= 15 is 0 Å². The molecule has 0 saturated heterocycles. The van der Waals surface area contributed by atoms with E-state index in [1.165, 1.54) is 5.56 Å². The van der Waals surface area contributed by atoms with Crippen molar-refractivity contribution in [3.63, 3.8) is 0 Å². The minimum absolute atomic E-state index is 0.353. The molecule has 1 atom stereocenters. The number of halogens is 1.